The monoisotopic (exact) mass is 503 g/mol. The molecule has 0 saturated carbocycles. The van der Waals surface area contributed by atoms with Crippen molar-refractivity contribution >= 4 is 42.2 Å². The van der Waals surface area contributed by atoms with Crippen molar-refractivity contribution in [1.29, 1.82) is 0 Å². The molecule has 0 radical (unpaired) electrons. The van der Waals surface area contributed by atoms with Crippen LogP contribution in [0, 0.1) is 0 Å². The summed E-state index contributed by atoms with van der Waals surface area (Å²) in [6.45, 7) is 0. The topological polar surface area (TPSA) is 149 Å². The third-order valence-electron chi connectivity index (χ3n) is 4.39. The van der Waals surface area contributed by atoms with Gasteiger partial charge in [-0.15, -0.1) is 12.6 Å². The molecule has 0 aliphatic heterocycles. The number of carboxylic acids is 2. The first kappa shape index (κ1) is 26.9. The van der Waals surface area contributed by atoms with Gasteiger partial charge in [-0.25, -0.2) is 9.78 Å². The summed E-state index contributed by atoms with van der Waals surface area (Å²) >= 11 is 5.82. The highest BCUT2D eigenvalue weighted by Crippen LogP contribution is 2.20. The number of carboxylic acid groups (broad SMARTS) is 2. The number of hydrogen-bond donors (Lipinski definition) is 5. The number of aromatic amines is 1. The number of carbonyl (C=O) groups excluding carboxylic acids is 1. The lowest BCUT2D eigenvalue weighted by Crippen LogP contribution is -2.41. The van der Waals surface area contributed by atoms with Gasteiger partial charge in [0.05, 0.1) is 12.1 Å². The zero-order valence-electron chi connectivity index (χ0n) is 18.1. The zero-order chi connectivity index (χ0) is 24.9. The third kappa shape index (κ3) is 10.1. The number of unbranched alkanes of at least 4 members (excludes halogenated alkanes) is 1. The number of carbonyl (C=O) groups is 3. The largest absolute Gasteiger partial charge is 0.481 e. The van der Waals surface area contributed by atoms with Gasteiger partial charge in [0.2, 0.25) is 5.91 Å². The molecule has 0 bridgehead atoms. The Hall–Kier alpha value is -3.31. The Morgan fingerprint density at radius 2 is 1.91 bits per heavy atom. The number of rotatable bonds is 13. The molecule has 0 aliphatic carbocycles. The van der Waals surface area contributed by atoms with Crippen LogP contribution in [0.4, 0.5) is 0 Å². The van der Waals surface area contributed by atoms with Crippen LogP contribution < -0.4 is 10.9 Å². The van der Waals surface area contributed by atoms with E-state index in [1.165, 1.54) is 23.9 Å². The van der Waals surface area contributed by atoms with Crippen molar-refractivity contribution in [2.45, 2.75) is 36.9 Å². The number of thioether (sulfide) groups is 1. The summed E-state index contributed by atoms with van der Waals surface area (Å²) in [4.78, 5) is 53.3. The zero-order valence-corrected chi connectivity index (χ0v) is 19.9. The van der Waals surface area contributed by atoms with Crippen LogP contribution in [0.3, 0.4) is 0 Å². The molecule has 0 aliphatic rings. The number of H-pyrrole nitrogens is 1. The number of aliphatic carboxylic acids is 2. The third-order valence-corrected chi connectivity index (χ3v) is 5.72. The van der Waals surface area contributed by atoms with Gasteiger partial charge in [-0.1, -0.05) is 54.2 Å². The number of thiol groups is 1. The molecule has 1 amide bonds. The SMILES string of the molecule is O=C(O)CC(NC(=O)/C=C/C=C(\S)CCCCSc1nc(-c2ccccc2)cc(=O)[nH]1)C(=O)O. The van der Waals surface area contributed by atoms with Gasteiger partial charge in [-0.05, 0) is 24.2 Å². The van der Waals surface area contributed by atoms with Crippen molar-refractivity contribution in [3.05, 3.63) is 69.9 Å². The Balaban J connectivity index is 1.75. The average Bonchev–Trinajstić information content (AvgIpc) is 2.78. The maximum atomic E-state index is 11.9. The lowest BCUT2D eigenvalue weighted by Gasteiger charge is -2.10. The van der Waals surface area contributed by atoms with E-state index >= 15 is 0 Å². The number of benzene rings is 1. The number of nitrogens with one attached hydrogen (secondary N) is 2. The fourth-order valence-electron chi connectivity index (χ4n) is 2.76. The Morgan fingerprint density at radius 3 is 2.59 bits per heavy atom. The Kier molecular flexibility index (Phi) is 11.1. The second kappa shape index (κ2) is 14.1. The second-order valence-electron chi connectivity index (χ2n) is 7.12. The molecule has 1 aromatic carbocycles. The van der Waals surface area contributed by atoms with Gasteiger partial charge in [-0.3, -0.25) is 14.4 Å². The maximum Gasteiger partial charge on any atom is 0.326 e. The fraction of sp³-hybridized carbons (Fsp3) is 0.261. The van der Waals surface area contributed by atoms with Crippen molar-refractivity contribution < 1.29 is 24.6 Å². The van der Waals surface area contributed by atoms with E-state index < -0.39 is 30.3 Å². The number of hydrogen-bond acceptors (Lipinski definition) is 7. The molecule has 1 atom stereocenters. The van der Waals surface area contributed by atoms with E-state index in [0.717, 1.165) is 35.1 Å². The number of aromatic nitrogens is 2. The lowest BCUT2D eigenvalue weighted by molar-refractivity contribution is -0.146. The predicted octanol–water partition coefficient (Wildman–Crippen LogP) is 3.11. The van der Waals surface area contributed by atoms with Crippen LogP contribution in [-0.2, 0) is 14.4 Å². The van der Waals surface area contributed by atoms with Crippen molar-refractivity contribution in [1.82, 2.24) is 15.3 Å². The smallest absolute Gasteiger partial charge is 0.326 e. The van der Waals surface area contributed by atoms with Crippen molar-refractivity contribution in [2.24, 2.45) is 0 Å². The van der Waals surface area contributed by atoms with Crippen LogP contribution in [0.15, 0.2) is 69.5 Å². The van der Waals surface area contributed by atoms with Crippen molar-refractivity contribution in [3.8, 4) is 11.3 Å². The van der Waals surface area contributed by atoms with Crippen molar-refractivity contribution in [2.75, 3.05) is 5.75 Å². The summed E-state index contributed by atoms with van der Waals surface area (Å²) in [5, 5.41) is 20.3. The molecule has 9 nitrogen and oxygen atoms in total. The van der Waals surface area contributed by atoms with Gasteiger partial charge in [0.25, 0.3) is 5.56 Å². The molecule has 1 unspecified atom stereocenters. The first-order chi connectivity index (χ1) is 16.2. The Morgan fingerprint density at radius 1 is 1.18 bits per heavy atom. The summed E-state index contributed by atoms with van der Waals surface area (Å²) in [5.74, 6) is -2.70. The summed E-state index contributed by atoms with van der Waals surface area (Å²) in [7, 11) is 0. The standard InChI is InChI=1S/C23H25N3O6S2/c27-19(24-18(22(31)32)14-21(29)30)11-6-10-16(33)9-4-5-12-34-23-25-17(13-20(28)26-23)15-7-2-1-3-8-15/h1-3,6-8,10-11,13,18,33H,4-5,9,12,14H2,(H,24,27)(H,29,30)(H,31,32)(H,25,26,28)/b11-6+,16-10-. The molecule has 2 aromatic rings. The number of amides is 1. The molecule has 180 valence electrons. The molecule has 2 rings (SSSR count). The van der Waals surface area contributed by atoms with E-state index in [9.17, 15) is 19.2 Å². The van der Waals surface area contributed by atoms with Crippen molar-refractivity contribution in [3.63, 3.8) is 0 Å². The Labute approximate surface area is 205 Å². The molecule has 1 aromatic heterocycles. The first-order valence-electron chi connectivity index (χ1n) is 10.4. The molecule has 11 heteroatoms. The average molecular weight is 504 g/mol. The minimum Gasteiger partial charge on any atom is -0.481 e. The maximum absolute atomic E-state index is 11.9. The molecule has 0 saturated heterocycles. The molecule has 0 fully saturated rings. The normalized spacial score (nSPS) is 12.4. The molecule has 4 N–H and O–H groups in total. The number of nitrogens with zero attached hydrogens (tertiary/aromatic N) is 1. The van der Waals surface area contributed by atoms with E-state index in [1.54, 1.807) is 6.08 Å². The highest BCUT2D eigenvalue weighted by atomic mass is 32.2. The van der Waals surface area contributed by atoms with E-state index in [4.69, 9.17) is 10.2 Å². The predicted molar refractivity (Wildman–Crippen MR) is 133 cm³/mol. The summed E-state index contributed by atoms with van der Waals surface area (Å²) in [6, 6.07) is 9.45. The quantitative estimate of drug-likeness (QED) is 0.0699. The molecular formula is C23H25N3O6S2. The minimum atomic E-state index is -1.50. The minimum absolute atomic E-state index is 0.203. The van der Waals surface area contributed by atoms with E-state index in [2.05, 4.69) is 27.9 Å². The van der Waals surface area contributed by atoms with E-state index in [-0.39, 0.29) is 5.56 Å². The van der Waals surface area contributed by atoms with Crippen LogP contribution in [0.2, 0.25) is 0 Å². The van der Waals surface area contributed by atoms with Gasteiger partial charge in [0, 0.05) is 23.5 Å². The van der Waals surface area contributed by atoms with Gasteiger partial charge in [0.1, 0.15) is 6.04 Å². The van der Waals surface area contributed by atoms with Gasteiger partial charge in [-0.2, -0.15) is 0 Å². The van der Waals surface area contributed by atoms with E-state index in [0.29, 0.717) is 17.3 Å². The highest BCUT2D eigenvalue weighted by molar-refractivity contribution is 7.99. The van der Waals surface area contributed by atoms with Crippen LogP contribution in [-0.4, -0.2) is 49.8 Å². The van der Waals surface area contributed by atoms with Gasteiger partial charge >= 0.3 is 11.9 Å². The Bertz CT molecular complexity index is 1120. The van der Waals surface area contributed by atoms with Gasteiger partial charge in [0.15, 0.2) is 5.16 Å². The van der Waals surface area contributed by atoms with Crippen LogP contribution in [0.25, 0.3) is 11.3 Å². The molecule has 0 spiro atoms. The lowest BCUT2D eigenvalue weighted by atomic mass is 10.1. The van der Waals surface area contributed by atoms with E-state index in [1.807, 2.05) is 30.3 Å². The summed E-state index contributed by atoms with van der Waals surface area (Å²) < 4.78 is 0. The molecule has 1 heterocycles. The molecular weight excluding hydrogens is 478 g/mol. The van der Waals surface area contributed by atoms with Gasteiger partial charge < -0.3 is 20.5 Å². The summed E-state index contributed by atoms with van der Waals surface area (Å²) in [6.07, 6.45) is 5.79. The molecule has 34 heavy (non-hydrogen) atoms. The summed E-state index contributed by atoms with van der Waals surface area (Å²) in [5.41, 5.74) is 1.30. The second-order valence-corrected chi connectivity index (χ2v) is 8.78. The van der Waals surface area contributed by atoms with Crippen LogP contribution in [0.1, 0.15) is 25.7 Å². The number of allylic oxidation sites excluding steroid dienone is 3. The van der Waals surface area contributed by atoms with Crippen LogP contribution in [0.5, 0.6) is 0 Å². The fourth-order valence-corrected chi connectivity index (χ4v) is 3.88. The highest BCUT2D eigenvalue weighted by Gasteiger charge is 2.21. The first-order valence-corrected chi connectivity index (χ1v) is 11.8. The van der Waals surface area contributed by atoms with Crippen LogP contribution >= 0.6 is 24.4 Å².